The molecule has 1 aromatic rings. The summed E-state index contributed by atoms with van der Waals surface area (Å²) in [4.78, 5) is 24.4. The normalized spacial score (nSPS) is 18.6. The van der Waals surface area contributed by atoms with Crippen LogP contribution in [0.3, 0.4) is 0 Å². The highest BCUT2D eigenvalue weighted by molar-refractivity contribution is 9.10. The first kappa shape index (κ1) is 11.4. The van der Waals surface area contributed by atoms with Crippen LogP contribution in [0.15, 0.2) is 33.6 Å². The Bertz CT molecular complexity index is 481. The van der Waals surface area contributed by atoms with Gasteiger partial charge in [0.2, 0.25) is 0 Å². The molecule has 0 N–H and O–H groups in total. The maximum Gasteiger partial charge on any atom is 0.293 e. The lowest BCUT2D eigenvalue weighted by molar-refractivity contribution is -0.121. The molecule has 0 atom stereocenters. The summed E-state index contributed by atoms with van der Waals surface area (Å²) in [6, 6.07) is 7.55. The Morgan fingerprint density at radius 2 is 1.88 bits per heavy atom. The molecular formula is C11H8BrNO2S. The smallest absolute Gasteiger partial charge is 0.272 e. The fraction of sp³-hybridized carbons (Fsp3) is 0.0909. The van der Waals surface area contributed by atoms with Gasteiger partial charge in [0.15, 0.2) is 0 Å². The monoisotopic (exact) mass is 297 g/mol. The second-order valence-corrected chi connectivity index (χ2v) is 5.20. The topological polar surface area (TPSA) is 37.4 Å². The summed E-state index contributed by atoms with van der Waals surface area (Å²) in [5.41, 5.74) is 0.905. The van der Waals surface area contributed by atoms with E-state index in [-0.39, 0.29) is 11.1 Å². The minimum absolute atomic E-state index is 0.228. The van der Waals surface area contributed by atoms with Crippen molar-refractivity contribution in [1.82, 2.24) is 4.90 Å². The quantitative estimate of drug-likeness (QED) is 0.748. The SMILES string of the molecule is CN1C(=O)SC(=Cc2ccc(Br)cc2)C1=O. The van der Waals surface area contributed by atoms with Gasteiger partial charge in [-0.15, -0.1) is 0 Å². The van der Waals surface area contributed by atoms with Crippen molar-refractivity contribution in [3.63, 3.8) is 0 Å². The molecule has 0 unspecified atom stereocenters. The van der Waals surface area contributed by atoms with Gasteiger partial charge < -0.3 is 0 Å². The predicted molar refractivity (Wildman–Crippen MR) is 67.9 cm³/mol. The summed E-state index contributed by atoms with van der Waals surface area (Å²) in [7, 11) is 1.49. The molecule has 0 radical (unpaired) electrons. The lowest BCUT2D eigenvalue weighted by atomic mass is 10.2. The van der Waals surface area contributed by atoms with Gasteiger partial charge >= 0.3 is 0 Å². The van der Waals surface area contributed by atoms with Gasteiger partial charge in [-0.05, 0) is 35.5 Å². The number of likely N-dealkylation sites (N-methyl/N-ethyl adjacent to an activating group) is 1. The first-order valence-corrected chi connectivity index (χ1v) is 6.16. The molecule has 1 saturated heterocycles. The molecule has 0 saturated carbocycles. The van der Waals surface area contributed by atoms with Gasteiger partial charge in [0.05, 0.1) is 4.91 Å². The number of thioether (sulfide) groups is 1. The van der Waals surface area contributed by atoms with E-state index in [2.05, 4.69) is 15.9 Å². The van der Waals surface area contributed by atoms with Gasteiger partial charge in [0, 0.05) is 11.5 Å². The van der Waals surface area contributed by atoms with Gasteiger partial charge in [-0.25, -0.2) is 0 Å². The van der Waals surface area contributed by atoms with Crippen LogP contribution in [0, 0.1) is 0 Å². The summed E-state index contributed by atoms with van der Waals surface area (Å²) in [6.45, 7) is 0. The number of nitrogens with zero attached hydrogens (tertiary/aromatic N) is 1. The van der Waals surface area contributed by atoms with Crippen molar-refractivity contribution in [2.45, 2.75) is 0 Å². The minimum Gasteiger partial charge on any atom is -0.272 e. The van der Waals surface area contributed by atoms with E-state index in [0.717, 1.165) is 26.7 Å². The molecule has 3 nitrogen and oxygen atoms in total. The van der Waals surface area contributed by atoms with Crippen molar-refractivity contribution in [2.24, 2.45) is 0 Å². The zero-order valence-electron chi connectivity index (χ0n) is 8.44. The number of rotatable bonds is 1. The maximum absolute atomic E-state index is 11.6. The van der Waals surface area contributed by atoms with Crippen molar-refractivity contribution in [3.8, 4) is 0 Å². The molecule has 1 aliphatic heterocycles. The number of amides is 2. The Morgan fingerprint density at radius 1 is 1.25 bits per heavy atom. The fourth-order valence-electron chi connectivity index (χ4n) is 1.26. The van der Waals surface area contributed by atoms with Crippen molar-refractivity contribution in [2.75, 3.05) is 7.05 Å². The number of benzene rings is 1. The molecule has 0 aliphatic carbocycles. The zero-order chi connectivity index (χ0) is 11.7. The largest absolute Gasteiger partial charge is 0.293 e. The van der Waals surface area contributed by atoms with E-state index in [1.807, 2.05) is 24.3 Å². The number of carbonyl (C=O) groups is 2. The summed E-state index contributed by atoms with van der Waals surface area (Å²) in [6.07, 6.45) is 1.72. The Labute approximate surface area is 106 Å². The molecule has 82 valence electrons. The van der Waals surface area contributed by atoms with E-state index in [9.17, 15) is 9.59 Å². The van der Waals surface area contributed by atoms with E-state index in [1.54, 1.807) is 6.08 Å². The highest BCUT2D eigenvalue weighted by Gasteiger charge is 2.31. The molecule has 1 aromatic carbocycles. The van der Waals surface area contributed by atoms with Crippen LogP contribution in [0.25, 0.3) is 6.08 Å². The van der Waals surface area contributed by atoms with Crippen LogP contribution < -0.4 is 0 Å². The third-order valence-corrected chi connectivity index (χ3v) is 3.64. The molecule has 1 heterocycles. The van der Waals surface area contributed by atoms with Gasteiger partial charge in [0.25, 0.3) is 11.1 Å². The van der Waals surface area contributed by atoms with Gasteiger partial charge in [0.1, 0.15) is 0 Å². The molecule has 1 fully saturated rings. The number of imide groups is 1. The fourth-order valence-corrected chi connectivity index (χ4v) is 2.35. The molecule has 5 heteroatoms. The Morgan fingerprint density at radius 3 is 2.38 bits per heavy atom. The standard InChI is InChI=1S/C11H8BrNO2S/c1-13-10(14)9(16-11(13)15)6-7-2-4-8(12)5-3-7/h2-6H,1H3. The molecule has 0 spiro atoms. The van der Waals surface area contributed by atoms with E-state index in [0.29, 0.717) is 4.91 Å². The maximum atomic E-state index is 11.6. The summed E-state index contributed by atoms with van der Waals surface area (Å²) < 4.78 is 0.980. The van der Waals surface area contributed by atoms with Gasteiger partial charge in [-0.3, -0.25) is 14.5 Å². The Balaban J connectivity index is 2.29. The van der Waals surface area contributed by atoms with E-state index >= 15 is 0 Å². The van der Waals surface area contributed by atoms with Crippen LogP contribution in [0.1, 0.15) is 5.56 Å². The highest BCUT2D eigenvalue weighted by atomic mass is 79.9. The van der Waals surface area contributed by atoms with E-state index < -0.39 is 0 Å². The van der Waals surface area contributed by atoms with Crippen molar-refractivity contribution >= 4 is 44.9 Å². The van der Waals surface area contributed by atoms with Crippen LogP contribution in [-0.4, -0.2) is 23.1 Å². The first-order chi connectivity index (χ1) is 7.58. The average Bonchev–Trinajstić information content (AvgIpc) is 2.50. The molecule has 16 heavy (non-hydrogen) atoms. The van der Waals surface area contributed by atoms with Crippen LogP contribution in [0.4, 0.5) is 4.79 Å². The molecule has 2 amide bonds. The summed E-state index contributed by atoms with van der Waals surface area (Å²) in [5.74, 6) is -0.238. The number of hydrogen-bond acceptors (Lipinski definition) is 3. The van der Waals surface area contributed by atoms with Crippen molar-refractivity contribution in [3.05, 3.63) is 39.2 Å². The summed E-state index contributed by atoms with van der Waals surface area (Å²) in [5, 5.41) is -0.228. The average molecular weight is 298 g/mol. The molecule has 1 aliphatic rings. The minimum atomic E-state index is -0.238. The number of halogens is 1. The van der Waals surface area contributed by atoms with E-state index in [1.165, 1.54) is 7.05 Å². The highest BCUT2D eigenvalue weighted by Crippen LogP contribution is 2.30. The second kappa shape index (κ2) is 4.43. The van der Waals surface area contributed by atoms with E-state index in [4.69, 9.17) is 0 Å². The number of hydrogen-bond donors (Lipinski definition) is 0. The zero-order valence-corrected chi connectivity index (χ0v) is 10.8. The molecular weight excluding hydrogens is 290 g/mol. The lowest BCUT2D eigenvalue weighted by Gasteiger charge is -2.00. The van der Waals surface area contributed by atoms with Crippen LogP contribution in [0.2, 0.25) is 0 Å². The molecule has 0 aromatic heterocycles. The Hall–Kier alpha value is -1.07. The molecule has 0 bridgehead atoms. The third-order valence-electron chi connectivity index (χ3n) is 2.15. The van der Waals surface area contributed by atoms with Gasteiger partial charge in [-0.2, -0.15) is 0 Å². The lowest BCUT2D eigenvalue weighted by Crippen LogP contribution is -2.22. The molecule has 2 rings (SSSR count). The first-order valence-electron chi connectivity index (χ1n) is 4.55. The second-order valence-electron chi connectivity index (χ2n) is 3.29. The van der Waals surface area contributed by atoms with Crippen LogP contribution >= 0.6 is 27.7 Å². The summed E-state index contributed by atoms with van der Waals surface area (Å²) >= 11 is 4.30. The Kier molecular flexibility index (Phi) is 3.16. The predicted octanol–water partition coefficient (Wildman–Crippen LogP) is 3.12. The van der Waals surface area contributed by atoms with Crippen molar-refractivity contribution < 1.29 is 9.59 Å². The van der Waals surface area contributed by atoms with Crippen molar-refractivity contribution in [1.29, 1.82) is 0 Å². The van der Waals surface area contributed by atoms with Crippen LogP contribution in [0.5, 0.6) is 0 Å². The van der Waals surface area contributed by atoms with Crippen LogP contribution in [-0.2, 0) is 4.79 Å². The number of carbonyl (C=O) groups excluding carboxylic acids is 2. The van der Waals surface area contributed by atoms with Gasteiger partial charge in [-0.1, -0.05) is 28.1 Å². The third kappa shape index (κ3) is 2.20.